The van der Waals surface area contributed by atoms with E-state index in [1.807, 2.05) is 13.0 Å². The van der Waals surface area contributed by atoms with Crippen molar-refractivity contribution in [1.82, 2.24) is 0 Å². The molecule has 4 rings (SSSR count). The van der Waals surface area contributed by atoms with E-state index in [0.29, 0.717) is 48.1 Å². The van der Waals surface area contributed by atoms with Crippen LogP contribution in [0.4, 0.5) is 14.5 Å². The van der Waals surface area contributed by atoms with Gasteiger partial charge in [-0.1, -0.05) is 0 Å². The molecule has 1 unspecified atom stereocenters. The Bertz CT molecular complexity index is 1040. The lowest BCUT2D eigenvalue weighted by atomic mass is 9.97. The number of nitrogen functional groups attached to an aromatic ring is 1. The Labute approximate surface area is 180 Å². The van der Waals surface area contributed by atoms with Crippen molar-refractivity contribution in [2.24, 2.45) is 0 Å². The Morgan fingerprint density at radius 3 is 2.60 bits per heavy atom. The van der Waals surface area contributed by atoms with Gasteiger partial charge in [0, 0.05) is 11.6 Å². The highest BCUT2D eigenvalue weighted by Gasteiger charge is 2.24. The molecule has 158 valence electrons. The SMILES string of the molecule is CCOc1ccc(Oc2ccc3c(c2)CCC(c2cc(F)ccc2F)O3)c(N)c1.Cl. The van der Waals surface area contributed by atoms with Gasteiger partial charge in [-0.25, -0.2) is 8.78 Å². The molecular formula is C23H22ClF2NO3. The first-order chi connectivity index (χ1) is 14.0. The summed E-state index contributed by atoms with van der Waals surface area (Å²) >= 11 is 0. The molecule has 1 atom stereocenters. The summed E-state index contributed by atoms with van der Waals surface area (Å²) in [5.41, 5.74) is 7.71. The van der Waals surface area contributed by atoms with Crippen molar-refractivity contribution in [2.75, 3.05) is 12.3 Å². The first-order valence-electron chi connectivity index (χ1n) is 9.48. The van der Waals surface area contributed by atoms with Crippen LogP contribution in [0.2, 0.25) is 0 Å². The highest BCUT2D eigenvalue weighted by atomic mass is 35.5. The minimum atomic E-state index is -0.522. The first kappa shape index (κ1) is 21.7. The molecule has 0 aliphatic carbocycles. The molecule has 1 heterocycles. The fourth-order valence-electron chi connectivity index (χ4n) is 3.41. The Balaban J connectivity index is 0.00000256. The van der Waals surface area contributed by atoms with E-state index in [0.717, 1.165) is 17.7 Å². The van der Waals surface area contributed by atoms with Crippen molar-refractivity contribution in [3.05, 3.63) is 77.4 Å². The van der Waals surface area contributed by atoms with Crippen LogP contribution in [0.3, 0.4) is 0 Å². The number of hydrogen-bond donors (Lipinski definition) is 1. The largest absolute Gasteiger partial charge is 0.494 e. The molecule has 1 aliphatic rings. The van der Waals surface area contributed by atoms with Gasteiger partial charge in [0.2, 0.25) is 0 Å². The topological polar surface area (TPSA) is 53.7 Å². The highest BCUT2D eigenvalue weighted by Crippen LogP contribution is 2.39. The second-order valence-electron chi connectivity index (χ2n) is 6.82. The van der Waals surface area contributed by atoms with Gasteiger partial charge in [0.25, 0.3) is 0 Å². The summed E-state index contributed by atoms with van der Waals surface area (Å²) in [5.74, 6) is 1.53. The maximum absolute atomic E-state index is 14.1. The maximum atomic E-state index is 14.1. The van der Waals surface area contributed by atoms with E-state index in [9.17, 15) is 8.78 Å². The second-order valence-corrected chi connectivity index (χ2v) is 6.82. The summed E-state index contributed by atoms with van der Waals surface area (Å²) in [4.78, 5) is 0. The number of halogens is 3. The molecule has 30 heavy (non-hydrogen) atoms. The quantitative estimate of drug-likeness (QED) is 0.485. The number of aryl methyl sites for hydroxylation is 1. The van der Waals surface area contributed by atoms with Crippen LogP contribution in [-0.2, 0) is 6.42 Å². The van der Waals surface area contributed by atoms with E-state index in [1.165, 1.54) is 6.07 Å². The van der Waals surface area contributed by atoms with Crippen LogP contribution >= 0.6 is 12.4 Å². The van der Waals surface area contributed by atoms with Crippen LogP contribution in [-0.4, -0.2) is 6.61 Å². The minimum absolute atomic E-state index is 0. The lowest BCUT2D eigenvalue weighted by molar-refractivity contribution is 0.171. The number of hydrogen-bond acceptors (Lipinski definition) is 4. The number of ether oxygens (including phenoxy) is 3. The molecule has 0 spiro atoms. The van der Waals surface area contributed by atoms with Crippen molar-refractivity contribution in [3.8, 4) is 23.0 Å². The van der Waals surface area contributed by atoms with Crippen LogP contribution in [0.25, 0.3) is 0 Å². The predicted octanol–water partition coefficient (Wildman–Crippen LogP) is 6.23. The van der Waals surface area contributed by atoms with Crippen molar-refractivity contribution >= 4 is 18.1 Å². The zero-order valence-electron chi connectivity index (χ0n) is 16.4. The molecule has 3 aromatic rings. The standard InChI is InChI=1S/C23H21F2NO3.ClH/c1-2-27-16-5-10-23(20(26)13-16)28-17-6-9-21-14(11-17)3-8-22(29-21)18-12-15(24)4-7-19(18)25;/h4-7,9-13,22H,2-3,8,26H2,1H3;1H. The molecule has 0 amide bonds. The van der Waals surface area contributed by atoms with Gasteiger partial charge in [-0.3, -0.25) is 0 Å². The van der Waals surface area contributed by atoms with Crippen molar-refractivity contribution in [1.29, 1.82) is 0 Å². The second kappa shape index (κ2) is 9.22. The molecule has 3 aromatic carbocycles. The molecule has 1 aliphatic heterocycles. The lowest BCUT2D eigenvalue weighted by Gasteiger charge is -2.27. The number of fused-ring (bicyclic) bond motifs is 1. The van der Waals surface area contributed by atoms with E-state index >= 15 is 0 Å². The van der Waals surface area contributed by atoms with Gasteiger partial charge in [-0.15, -0.1) is 12.4 Å². The van der Waals surface area contributed by atoms with Crippen LogP contribution in [0.5, 0.6) is 23.0 Å². The molecule has 0 saturated heterocycles. The summed E-state index contributed by atoms with van der Waals surface area (Å²) in [6.07, 6.45) is 0.681. The van der Waals surface area contributed by atoms with Crippen molar-refractivity contribution < 1.29 is 23.0 Å². The number of rotatable bonds is 5. The minimum Gasteiger partial charge on any atom is -0.494 e. The zero-order chi connectivity index (χ0) is 20.4. The first-order valence-corrected chi connectivity index (χ1v) is 9.48. The average molecular weight is 434 g/mol. The third-order valence-corrected chi connectivity index (χ3v) is 4.80. The summed E-state index contributed by atoms with van der Waals surface area (Å²) in [6.45, 7) is 2.47. The van der Waals surface area contributed by atoms with E-state index in [-0.39, 0.29) is 18.0 Å². The van der Waals surface area contributed by atoms with Gasteiger partial charge in [-0.2, -0.15) is 0 Å². The van der Waals surface area contributed by atoms with Crippen LogP contribution in [0.1, 0.15) is 30.6 Å². The highest BCUT2D eigenvalue weighted by molar-refractivity contribution is 5.85. The molecule has 2 N–H and O–H groups in total. The monoisotopic (exact) mass is 433 g/mol. The number of anilines is 1. The third-order valence-electron chi connectivity index (χ3n) is 4.80. The average Bonchev–Trinajstić information content (AvgIpc) is 2.72. The Hall–Kier alpha value is -2.99. The summed E-state index contributed by atoms with van der Waals surface area (Å²) in [6, 6.07) is 14.1. The third kappa shape index (κ3) is 4.60. The Morgan fingerprint density at radius 2 is 1.83 bits per heavy atom. The van der Waals surface area contributed by atoms with E-state index < -0.39 is 17.7 Å². The van der Waals surface area contributed by atoms with Crippen LogP contribution in [0, 0.1) is 11.6 Å². The molecule has 0 saturated carbocycles. The van der Waals surface area contributed by atoms with Gasteiger partial charge in [0.05, 0.1) is 12.3 Å². The number of nitrogens with two attached hydrogens (primary N) is 1. The fraction of sp³-hybridized carbons (Fsp3) is 0.217. The molecular weight excluding hydrogens is 412 g/mol. The van der Waals surface area contributed by atoms with Gasteiger partial charge < -0.3 is 19.9 Å². The van der Waals surface area contributed by atoms with E-state index in [2.05, 4.69) is 0 Å². The Kier molecular flexibility index (Phi) is 6.67. The van der Waals surface area contributed by atoms with Gasteiger partial charge in [0.1, 0.15) is 35.0 Å². The van der Waals surface area contributed by atoms with E-state index in [4.69, 9.17) is 19.9 Å². The fourth-order valence-corrected chi connectivity index (χ4v) is 3.41. The molecule has 0 radical (unpaired) electrons. The summed E-state index contributed by atoms with van der Waals surface area (Å²) in [7, 11) is 0. The lowest BCUT2D eigenvalue weighted by Crippen LogP contribution is -2.16. The van der Waals surface area contributed by atoms with E-state index in [1.54, 1.807) is 30.3 Å². The van der Waals surface area contributed by atoms with Crippen LogP contribution < -0.4 is 19.9 Å². The zero-order valence-corrected chi connectivity index (χ0v) is 17.2. The molecule has 4 nitrogen and oxygen atoms in total. The number of benzene rings is 3. The maximum Gasteiger partial charge on any atom is 0.150 e. The predicted molar refractivity (Wildman–Crippen MR) is 114 cm³/mol. The molecule has 7 heteroatoms. The van der Waals surface area contributed by atoms with Gasteiger partial charge >= 0.3 is 0 Å². The molecule has 0 bridgehead atoms. The summed E-state index contributed by atoms with van der Waals surface area (Å²) in [5, 5.41) is 0. The van der Waals surface area contributed by atoms with Gasteiger partial charge in [-0.05, 0) is 73.9 Å². The van der Waals surface area contributed by atoms with Crippen LogP contribution in [0.15, 0.2) is 54.6 Å². The Morgan fingerprint density at radius 1 is 1.03 bits per heavy atom. The smallest absolute Gasteiger partial charge is 0.150 e. The molecule has 0 fully saturated rings. The normalized spacial score (nSPS) is 14.8. The molecule has 0 aromatic heterocycles. The van der Waals surface area contributed by atoms with Crippen molar-refractivity contribution in [3.63, 3.8) is 0 Å². The summed E-state index contributed by atoms with van der Waals surface area (Å²) < 4.78 is 44.8. The van der Waals surface area contributed by atoms with Crippen molar-refractivity contribution in [2.45, 2.75) is 25.9 Å². The van der Waals surface area contributed by atoms with Gasteiger partial charge in [0.15, 0.2) is 5.75 Å².